The summed E-state index contributed by atoms with van der Waals surface area (Å²) in [6.07, 6.45) is 6.06. The highest BCUT2D eigenvalue weighted by atomic mass is 32.2. The number of nitrogens with one attached hydrogen (secondary N) is 2. The molecule has 0 aliphatic heterocycles. The summed E-state index contributed by atoms with van der Waals surface area (Å²) in [5, 5.41) is 5.98. The molecule has 0 aromatic heterocycles. The fourth-order valence-electron chi connectivity index (χ4n) is 2.34. The minimum atomic E-state index is -0.0975. The number of ether oxygens (including phenoxy) is 1. The lowest BCUT2D eigenvalue weighted by Crippen LogP contribution is -2.41. The van der Waals surface area contributed by atoms with Gasteiger partial charge in [-0.1, -0.05) is 24.3 Å². The van der Waals surface area contributed by atoms with Gasteiger partial charge in [-0.25, -0.2) is 4.79 Å². The lowest BCUT2D eigenvalue weighted by atomic mass is 10.1. The number of thioether (sulfide) groups is 1. The first-order chi connectivity index (χ1) is 10.7. The lowest BCUT2D eigenvalue weighted by molar-refractivity contribution is 0.218. The van der Waals surface area contributed by atoms with Gasteiger partial charge < -0.3 is 15.4 Å². The summed E-state index contributed by atoms with van der Waals surface area (Å²) in [4.78, 5) is 13.2. The van der Waals surface area contributed by atoms with Gasteiger partial charge in [0.15, 0.2) is 0 Å². The molecule has 2 N–H and O–H groups in total. The van der Waals surface area contributed by atoms with Gasteiger partial charge in [0.1, 0.15) is 0 Å². The standard InChI is InChI=1S/C17H24N2O2S/c1-13(18-17(20)19-15-5-3-4-6-15)14-7-9-16(10-8-14)22-12-11-21-2/h3-4,7-10,13,15H,5-6,11-12H2,1-2H3,(H2,18,19,20)/t13-/m0/s1. The van der Waals surface area contributed by atoms with Crippen molar-refractivity contribution in [2.45, 2.75) is 36.7 Å². The van der Waals surface area contributed by atoms with Crippen molar-refractivity contribution in [1.29, 1.82) is 0 Å². The van der Waals surface area contributed by atoms with E-state index in [9.17, 15) is 4.79 Å². The van der Waals surface area contributed by atoms with Gasteiger partial charge in [0.05, 0.1) is 12.6 Å². The highest BCUT2D eigenvalue weighted by molar-refractivity contribution is 7.99. The van der Waals surface area contributed by atoms with Crippen LogP contribution in [-0.2, 0) is 4.74 Å². The van der Waals surface area contributed by atoms with Gasteiger partial charge in [-0.3, -0.25) is 0 Å². The van der Waals surface area contributed by atoms with E-state index in [0.717, 1.165) is 30.8 Å². The molecule has 0 radical (unpaired) electrons. The zero-order chi connectivity index (χ0) is 15.8. The maximum absolute atomic E-state index is 12.0. The Bertz CT molecular complexity index is 494. The zero-order valence-electron chi connectivity index (χ0n) is 13.2. The van der Waals surface area contributed by atoms with Crippen LogP contribution in [0, 0.1) is 0 Å². The summed E-state index contributed by atoms with van der Waals surface area (Å²) >= 11 is 1.77. The van der Waals surface area contributed by atoms with Crippen molar-refractivity contribution in [3.8, 4) is 0 Å². The van der Waals surface area contributed by atoms with Crippen LogP contribution in [-0.4, -0.2) is 31.5 Å². The van der Waals surface area contributed by atoms with Crippen molar-refractivity contribution in [2.75, 3.05) is 19.5 Å². The van der Waals surface area contributed by atoms with Crippen molar-refractivity contribution in [3.05, 3.63) is 42.0 Å². The number of hydrogen-bond donors (Lipinski definition) is 2. The Morgan fingerprint density at radius 2 is 2.00 bits per heavy atom. The molecule has 0 bridgehead atoms. The molecule has 2 rings (SSSR count). The topological polar surface area (TPSA) is 50.4 Å². The number of carbonyl (C=O) groups is 1. The predicted octanol–water partition coefficient (Wildman–Crippen LogP) is 3.50. The van der Waals surface area contributed by atoms with E-state index >= 15 is 0 Å². The minimum absolute atomic E-state index is 0.00705. The molecule has 120 valence electrons. The van der Waals surface area contributed by atoms with E-state index in [1.165, 1.54) is 4.90 Å². The molecule has 0 fully saturated rings. The van der Waals surface area contributed by atoms with E-state index < -0.39 is 0 Å². The molecule has 0 heterocycles. The normalized spacial score (nSPS) is 15.7. The molecular weight excluding hydrogens is 296 g/mol. The predicted molar refractivity (Wildman–Crippen MR) is 91.3 cm³/mol. The van der Waals surface area contributed by atoms with Crippen molar-refractivity contribution in [3.63, 3.8) is 0 Å². The van der Waals surface area contributed by atoms with Crippen molar-refractivity contribution in [2.24, 2.45) is 0 Å². The van der Waals surface area contributed by atoms with E-state index in [-0.39, 0.29) is 18.1 Å². The highest BCUT2D eigenvalue weighted by Gasteiger charge is 2.15. The maximum Gasteiger partial charge on any atom is 0.315 e. The van der Waals surface area contributed by atoms with Crippen LogP contribution < -0.4 is 10.6 Å². The molecule has 0 saturated carbocycles. The first-order valence-electron chi connectivity index (χ1n) is 7.62. The number of methoxy groups -OCH3 is 1. The number of carbonyl (C=O) groups excluding carboxylic acids is 1. The quantitative estimate of drug-likeness (QED) is 0.459. The smallest absolute Gasteiger partial charge is 0.315 e. The molecule has 4 nitrogen and oxygen atoms in total. The Labute approximate surface area is 136 Å². The van der Waals surface area contributed by atoms with Crippen LogP contribution in [0.4, 0.5) is 4.79 Å². The molecule has 1 aliphatic carbocycles. The molecule has 2 amide bonds. The van der Waals surface area contributed by atoms with Gasteiger partial charge >= 0.3 is 6.03 Å². The SMILES string of the molecule is COCCSc1ccc([C@H](C)NC(=O)NC2CC=CC2)cc1. The van der Waals surface area contributed by atoms with Crippen molar-refractivity contribution >= 4 is 17.8 Å². The monoisotopic (exact) mass is 320 g/mol. The maximum atomic E-state index is 12.0. The molecule has 22 heavy (non-hydrogen) atoms. The van der Waals surface area contributed by atoms with E-state index in [0.29, 0.717) is 0 Å². The average molecular weight is 320 g/mol. The van der Waals surface area contributed by atoms with E-state index in [2.05, 4.69) is 47.1 Å². The van der Waals surface area contributed by atoms with Crippen LogP contribution in [0.15, 0.2) is 41.3 Å². The second kappa shape index (κ2) is 8.86. The van der Waals surface area contributed by atoms with Crippen molar-refractivity contribution in [1.82, 2.24) is 10.6 Å². The van der Waals surface area contributed by atoms with Crippen LogP contribution in [0.1, 0.15) is 31.4 Å². The number of benzene rings is 1. The summed E-state index contributed by atoms with van der Waals surface area (Å²) in [7, 11) is 1.71. The number of rotatable bonds is 7. The summed E-state index contributed by atoms with van der Waals surface area (Å²) in [6.45, 7) is 2.75. The van der Waals surface area contributed by atoms with E-state index in [1.807, 2.05) is 6.92 Å². The van der Waals surface area contributed by atoms with E-state index in [1.54, 1.807) is 18.9 Å². The lowest BCUT2D eigenvalue weighted by Gasteiger charge is -2.18. The number of amides is 2. The third-order valence-electron chi connectivity index (χ3n) is 3.63. The summed E-state index contributed by atoms with van der Waals surface area (Å²) in [5.74, 6) is 0.946. The van der Waals surface area contributed by atoms with Gasteiger partial charge in [-0.2, -0.15) is 0 Å². The molecule has 0 spiro atoms. The molecule has 1 atom stereocenters. The van der Waals surface area contributed by atoms with Crippen LogP contribution in [0.2, 0.25) is 0 Å². The minimum Gasteiger partial charge on any atom is -0.384 e. The highest BCUT2D eigenvalue weighted by Crippen LogP contribution is 2.21. The molecule has 5 heteroatoms. The largest absolute Gasteiger partial charge is 0.384 e. The zero-order valence-corrected chi connectivity index (χ0v) is 14.0. The molecule has 0 unspecified atom stereocenters. The van der Waals surface area contributed by atoms with Crippen LogP contribution >= 0.6 is 11.8 Å². The first-order valence-corrected chi connectivity index (χ1v) is 8.61. The first kappa shape index (κ1) is 16.9. The molecular formula is C17H24N2O2S. The Morgan fingerprint density at radius 1 is 1.32 bits per heavy atom. The summed E-state index contributed by atoms with van der Waals surface area (Å²) in [5.41, 5.74) is 1.11. The van der Waals surface area contributed by atoms with Gasteiger partial charge in [-0.15, -0.1) is 11.8 Å². The Morgan fingerprint density at radius 3 is 2.64 bits per heavy atom. The number of urea groups is 1. The van der Waals surface area contributed by atoms with Crippen LogP contribution in [0.3, 0.4) is 0 Å². The van der Waals surface area contributed by atoms with E-state index in [4.69, 9.17) is 4.74 Å². The summed E-state index contributed by atoms with van der Waals surface area (Å²) in [6, 6.07) is 8.45. The van der Waals surface area contributed by atoms with Crippen molar-refractivity contribution < 1.29 is 9.53 Å². The molecule has 1 aromatic carbocycles. The fourth-order valence-corrected chi connectivity index (χ4v) is 3.15. The van der Waals surface area contributed by atoms with Gasteiger partial charge in [0, 0.05) is 23.8 Å². The third kappa shape index (κ3) is 5.39. The Kier molecular flexibility index (Phi) is 6.80. The fraction of sp³-hybridized carbons (Fsp3) is 0.471. The number of hydrogen-bond acceptors (Lipinski definition) is 3. The average Bonchev–Trinajstić information content (AvgIpc) is 3.01. The second-order valence-electron chi connectivity index (χ2n) is 5.39. The molecule has 1 aliphatic rings. The van der Waals surface area contributed by atoms with Gasteiger partial charge in [-0.05, 0) is 37.5 Å². The van der Waals surface area contributed by atoms with Crippen LogP contribution in [0.25, 0.3) is 0 Å². The Balaban J connectivity index is 1.78. The van der Waals surface area contributed by atoms with Gasteiger partial charge in [0.25, 0.3) is 0 Å². The van der Waals surface area contributed by atoms with Gasteiger partial charge in [0.2, 0.25) is 0 Å². The van der Waals surface area contributed by atoms with Crippen LogP contribution in [0.5, 0.6) is 0 Å². The Hall–Kier alpha value is -1.46. The third-order valence-corrected chi connectivity index (χ3v) is 4.60. The molecule has 1 aromatic rings. The summed E-state index contributed by atoms with van der Waals surface area (Å²) < 4.78 is 5.04. The molecule has 0 saturated heterocycles. The second-order valence-corrected chi connectivity index (χ2v) is 6.56.